The van der Waals surface area contributed by atoms with Gasteiger partial charge in [-0.25, -0.2) is 4.79 Å². The maximum absolute atomic E-state index is 11.0. The highest BCUT2D eigenvalue weighted by molar-refractivity contribution is 5.91. The number of carbonyl (C=O) groups is 2. The number of amides is 1. The Hall–Kier alpha value is -1.58. The molecule has 78 valence electrons. The Morgan fingerprint density at radius 3 is 2.29 bits per heavy atom. The van der Waals surface area contributed by atoms with Gasteiger partial charge in [-0.15, -0.1) is 0 Å². The third-order valence-corrected chi connectivity index (χ3v) is 1.54. The van der Waals surface area contributed by atoms with E-state index in [4.69, 9.17) is 10.5 Å². The summed E-state index contributed by atoms with van der Waals surface area (Å²) < 4.78 is 4.93. The van der Waals surface area contributed by atoms with Crippen LogP contribution in [0.5, 0.6) is 0 Å². The minimum absolute atomic E-state index is 0.243. The fourth-order valence-corrected chi connectivity index (χ4v) is 0.773. The largest absolute Gasteiger partial charge is 0.459 e. The van der Waals surface area contributed by atoms with Crippen molar-refractivity contribution < 1.29 is 14.3 Å². The molecule has 14 heavy (non-hydrogen) atoms. The van der Waals surface area contributed by atoms with E-state index in [0.29, 0.717) is 5.57 Å². The van der Waals surface area contributed by atoms with E-state index in [1.165, 1.54) is 0 Å². The van der Waals surface area contributed by atoms with E-state index in [9.17, 15) is 9.59 Å². The zero-order valence-corrected chi connectivity index (χ0v) is 8.50. The van der Waals surface area contributed by atoms with Crippen molar-refractivity contribution in [3.05, 3.63) is 24.3 Å². The number of hydrogen-bond acceptors (Lipinski definition) is 3. The van der Waals surface area contributed by atoms with Gasteiger partial charge in [0.25, 0.3) is 0 Å². The van der Waals surface area contributed by atoms with Gasteiger partial charge in [-0.1, -0.05) is 13.2 Å². The number of ether oxygens (including phenoxy) is 1. The second kappa shape index (κ2) is 5.21. The van der Waals surface area contributed by atoms with Gasteiger partial charge in [-0.3, -0.25) is 4.79 Å². The van der Waals surface area contributed by atoms with Crippen LogP contribution in [-0.2, 0) is 14.3 Å². The Labute approximate surface area is 83.4 Å². The van der Waals surface area contributed by atoms with Crippen molar-refractivity contribution in [2.24, 2.45) is 5.73 Å². The lowest BCUT2D eigenvalue weighted by Gasteiger charge is -2.12. The fourth-order valence-electron chi connectivity index (χ4n) is 0.773. The van der Waals surface area contributed by atoms with Crippen molar-refractivity contribution in [1.29, 1.82) is 0 Å². The molecule has 0 bridgehead atoms. The van der Waals surface area contributed by atoms with E-state index in [1.807, 2.05) is 0 Å². The van der Waals surface area contributed by atoms with Gasteiger partial charge in [-0.2, -0.15) is 0 Å². The number of hydrogen-bond donors (Lipinski definition) is 1. The van der Waals surface area contributed by atoms with Crippen LogP contribution in [0.15, 0.2) is 24.3 Å². The van der Waals surface area contributed by atoms with E-state index in [0.717, 1.165) is 0 Å². The Morgan fingerprint density at radius 1 is 1.43 bits per heavy atom. The minimum atomic E-state index is -0.580. The van der Waals surface area contributed by atoms with Crippen LogP contribution in [0, 0.1) is 0 Å². The smallest absolute Gasteiger partial charge is 0.333 e. The molecule has 4 nitrogen and oxygen atoms in total. The first-order valence-corrected chi connectivity index (χ1v) is 4.18. The minimum Gasteiger partial charge on any atom is -0.459 e. The highest BCUT2D eigenvalue weighted by Crippen LogP contribution is 2.07. The van der Waals surface area contributed by atoms with Crippen molar-refractivity contribution in [1.82, 2.24) is 0 Å². The lowest BCUT2D eigenvalue weighted by atomic mass is 10.1. The molecule has 1 atom stereocenters. The molecule has 0 aromatic heterocycles. The lowest BCUT2D eigenvalue weighted by Crippen LogP contribution is -2.20. The van der Waals surface area contributed by atoms with Crippen LogP contribution in [-0.4, -0.2) is 18.0 Å². The highest BCUT2D eigenvalue weighted by Gasteiger charge is 2.13. The van der Waals surface area contributed by atoms with E-state index in [-0.39, 0.29) is 12.0 Å². The fraction of sp³-hybridized carbons (Fsp3) is 0.400. The summed E-state index contributed by atoms with van der Waals surface area (Å²) in [4.78, 5) is 21.7. The predicted molar refractivity (Wildman–Crippen MR) is 53.3 cm³/mol. The first-order valence-electron chi connectivity index (χ1n) is 4.18. The zero-order valence-electron chi connectivity index (χ0n) is 8.50. The summed E-state index contributed by atoms with van der Waals surface area (Å²) in [6.07, 6.45) is -0.173. The van der Waals surface area contributed by atoms with Gasteiger partial charge < -0.3 is 10.5 Å². The summed E-state index contributed by atoms with van der Waals surface area (Å²) in [6.45, 7) is 10.1. The third kappa shape index (κ3) is 4.45. The summed E-state index contributed by atoms with van der Waals surface area (Å²) in [5.74, 6) is -1.06. The van der Waals surface area contributed by atoms with Gasteiger partial charge in [0, 0.05) is 17.6 Å². The average molecular weight is 197 g/mol. The highest BCUT2D eigenvalue weighted by atomic mass is 16.5. The number of rotatable bonds is 5. The van der Waals surface area contributed by atoms with Crippen LogP contribution >= 0.6 is 0 Å². The lowest BCUT2D eigenvalue weighted by molar-refractivity contribution is -0.143. The van der Waals surface area contributed by atoms with Crippen LogP contribution in [0.4, 0.5) is 0 Å². The van der Waals surface area contributed by atoms with Crippen molar-refractivity contribution in [3.8, 4) is 0 Å². The molecule has 1 amide bonds. The number of esters is 1. The van der Waals surface area contributed by atoms with E-state index < -0.39 is 18.0 Å². The quantitative estimate of drug-likeness (QED) is 0.526. The van der Waals surface area contributed by atoms with Gasteiger partial charge in [0.05, 0.1) is 0 Å². The molecule has 0 fully saturated rings. The Bertz CT molecular complexity index is 253. The molecule has 0 aliphatic heterocycles. The van der Waals surface area contributed by atoms with Crippen LogP contribution < -0.4 is 5.73 Å². The standard InChI is InChI=1S/C10H15NO3/c1-6(2)10(13)14-8(4)5-7(3)9(11)12/h8H,1,3,5H2,2,4H3,(H2,11,12). The molecule has 0 heterocycles. The molecule has 0 saturated heterocycles. The predicted octanol–water partition coefficient (Wildman–Crippen LogP) is 0.926. The first-order chi connectivity index (χ1) is 6.34. The molecule has 0 rings (SSSR count). The van der Waals surface area contributed by atoms with Gasteiger partial charge in [0.1, 0.15) is 6.10 Å². The van der Waals surface area contributed by atoms with Crippen molar-refractivity contribution in [2.45, 2.75) is 26.4 Å². The summed E-state index contributed by atoms with van der Waals surface area (Å²) in [5, 5.41) is 0. The molecule has 0 aromatic carbocycles. The Kier molecular flexibility index (Phi) is 4.63. The SMILES string of the molecule is C=C(C)C(=O)OC(C)CC(=C)C(N)=O. The van der Waals surface area contributed by atoms with E-state index in [1.54, 1.807) is 13.8 Å². The molecule has 2 N–H and O–H groups in total. The second-order valence-electron chi connectivity index (χ2n) is 3.17. The monoisotopic (exact) mass is 197 g/mol. The van der Waals surface area contributed by atoms with E-state index in [2.05, 4.69) is 13.2 Å². The van der Waals surface area contributed by atoms with Crippen LogP contribution in [0.25, 0.3) is 0 Å². The molecule has 1 unspecified atom stereocenters. The van der Waals surface area contributed by atoms with Gasteiger partial charge >= 0.3 is 5.97 Å². The zero-order chi connectivity index (χ0) is 11.3. The third-order valence-electron chi connectivity index (χ3n) is 1.54. The topological polar surface area (TPSA) is 69.4 Å². The number of carbonyl (C=O) groups excluding carboxylic acids is 2. The molecule has 0 saturated carbocycles. The Balaban J connectivity index is 4.05. The van der Waals surface area contributed by atoms with Gasteiger partial charge in [0.2, 0.25) is 5.91 Å². The van der Waals surface area contributed by atoms with Gasteiger partial charge in [0.15, 0.2) is 0 Å². The summed E-state index contributed by atoms with van der Waals surface area (Å²) in [5.41, 5.74) is 5.54. The van der Waals surface area contributed by atoms with Crippen molar-refractivity contribution >= 4 is 11.9 Å². The molecule has 0 radical (unpaired) electrons. The molecular formula is C10H15NO3. The van der Waals surface area contributed by atoms with Crippen LogP contribution in [0.1, 0.15) is 20.3 Å². The van der Waals surface area contributed by atoms with Crippen molar-refractivity contribution in [3.63, 3.8) is 0 Å². The normalized spacial score (nSPS) is 11.6. The first kappa shape index (κ1) is 12.4. The number of nitrogens with two attached hydrogens (primary N) is 1. The summed E-state index contributed by atoms with van der Waals surface area (Å²) in [7, 11) is 0. The average Bonchev–Trinajstić information content (AvgIpc) is 2.03. The van der Waals surface area contributed by atoms with E-state index >= 15 is 0 Å². The second-order valence-corrected chi connectivity index (χ2v) is 3.17. The summed E-state index contributed by atoms with van der Waals surface area (Å²) in [6, 6.07) is 0. The summed E-state index contributed by atoms with van der Waals surface area (Å²) >= 11 is 0. The van der Waals surface area contributed by atoms with Gasteiger partial charge in [-0.05, 0) is 13.8 Å². The maximum Gasteiger partial charge on any atom is 0.333 e. The molecular weight excluding hydrogens is 182 g/mol. The molecule has 0 aromatic rings. The van der Waals surface area contributed by atoms with Crippen molar-refractivity contribution in [2.75, 3.05) is 0 Å². The number of primary amides is 1. The molecule has 0 aliphatic rings. The molecule has 0 spiro atoms. The van der Waals surface area contributed by atoms with Crippen LogP contribution in [0.2, 0.25) is 0 Å². The molecule has 0 aliphatic carbocycles. The van der Waals surface area contributed by atoms with Crippen LogP contribution in [0.3, 0.4) is 0 Å². The Morgan fingerprint density at radius 2 is 1.93 bits per heavy atom. The molecule has 4 heteroatoms. The maximum atomic E-state index is 11.0.